The van der Waals surface area contributed by atoms with Gasteiger partial charge in [0.15, 0.2) is 0 Å². The number of aliphatic hydroxyl groups excluding tert-OH is 1. The van der Waals surface area contributed by atoms with Gasteiger partial charge in [-0.25, -0.2) is 0 Å². The highest BCUT2D eigenvalue weighted by Gasteiger charge is 2.03. The molecule has 0 amide bonds. The van der Waals surface area contributed by atoms with E-state index < -0.39 is 0 Å². The summed E-state index contributed by atoms with van der Waals surface area (Å²) in [5, 5.41) is 8.96. The van der Waals surface area contributed by atoms with E-state index in [1.54, 1.807) is 12.1 Å². The van der Waals surface area contributed by atoms with Crippen molar-refractivity contribution in [1.82, 2.24) is 4.98 Å². The first kappa shape index (κ1) is 13.4. The van der Waals surface area contributed by atoms with Gasteiger partial charge in [-0.15, -0.1) is 0 Å². The van der Waals surface area contributed by atoms with Crippen molar-refractivity contribution < 1.29 is 9.84 Å². The lowest BCUT2D eigenvalue weighted by Crippen LogP contribution is -2.12. The van der Waals surface area contributed by atoms with Gasteiger partial charge in [0, 0.05) is 11.3 Å². The third kappa shape index (κ3) is 3.23. The third-order valence-electron chi connectivity index (χ3n) is 2.70. The molecule has 4 nitrogen and oxygen atoms in total. The highest BCUT2D eigenvalue weighted by molar-refractivity contribution is 5.60. The maximum absolute atomic E-state index is 11.6. The second-order valence-corrected chi connectivity index (χ2v) is 4.58. The SMILES string of the molecule is CC(C)Oc1ccc(-c2ccc(CO)c(=O)[nH]2)cc1. The Labute approximate surface area is 111 Å². The van der Waals surface area contributed by atoms with Crippen LogP contribution in [0, 0.1) is 0 Å². The van der Waals surface area contributed by atoms with Crippen LogP contribution >= 0.6 is 0 Å². The lowest BCUT2D eigenvalue weighted by molar-refractivity contribution is 0.242. The first-order valence-corrected chi connectivity index (χ1v) is 6.20. The molecule has 0 aliphatic rings. The van der Waals surface area contributed by atoms with Crippen LogP contribution < -0.4 is 10.3 Å². The van der Waals surface area contributed by atoms with Crippen LogP contribution in [0.2, 0.25) is 0 Å². The van der Waals surface area contributed by atoms with Crippen molar-refractivity contribution >= 4 is 0 Å². The average Bonchev–Trinajstić information content (AvgIpc) is 2.39. The lowest BCUT2D eigenvalue weighted by Gasteiger charge is -2.10. The zero-order valence-corrected chi connectivity index (χ0v) is 11.0. The van der Waals surface area contributed by atoms with E-state index in [0.29, 0.717) is 5.56 Å². The predicted octanol–water partition coefficient (Wildman–Crippen LogP) is 2.32. The van der Waals surface area contributed by atoms with Crippen LogP contribution in [0.1, 0.15) is 19.4 Å². The number of aromatic nitrogens is 1. The molecule has 4 heteroatoms. The summed E-state index contributed by atoms with van der Waals surface area (Å²) in [6.07, 6.45) is 0.134. The fourth-order valence-corrected chi connectivity index (χ4v) is 1.78. The first-order chi connectivity index (χ1) is 9.10. The van der Waals surface area contributed by atoms with E-state index in [1.807, 2.05) is 38.1 Å². The molecule has 1 heterocycles. The minimum atomic E-state index is -0.262. The third-order valence-corrected chi connectivity index (χ3v) is 2.70. The van der Waals surface area contributed by atoms with E-state index in [2.05, 4.69) is 4.98 Å². The van der Waals surface area contributed by atoms with Gasteiger partial charge in [-0.3, -0.25) is 4.79 Å². The Morgan fingerprint density at radius 2 is 1.84 bits per heavy atom. The highest BCUT2D eigenvalue weighted by Crippen LogP contribution is 2.20. The number of benzene rings is 1. The van der Waals surface area contributed by atoms with Gasteiger partial charge in [-0.2, -0.15) is 0 Å². The summed E-state index contributed by atoms with van der Waals surface area (Å²) in [6.45, 7) is 3.69. The topological polar surface area (TPSA) is 62.3 Å². The Kier molecular flexibility index (Phi) is 4.02. The number of aliphatic hydroxyl groups is 1. The van der Waals surface area contributed by atoms with Gasteiger partial charge < -0.3 is 14.8 Å². The van der Waals surface area contributed by atoms with Crippen LogP contribution in [0.15, 0.2) is 41.2 Å². The van der Waals surface area contributed by atoms with E-state index in [9.17, 15) is 4.79 Å². The Morgan fingerprint density at radius 3 is 2.37 bits per heavy atom. The zero-order chi connectivity index (χ0) is 13.8. The molecule has 2 rings (SSSR count). The number of pyridine rings is 1. The van der Waals surface area contributed by atoms with Crippen LogP contribution in [0.3, 0.4) is 0 Å². The molecule has 0 aliphatic heterocycles. The number of aromatic amines is 1. The van der Waals surface area contributed by atoms with Crippen molar-refractivity contribution in [2.75, 3.05) is 0 Å². The molecule has 19 heavy (non-hydrogen) atoms. The van der Waals surface area contributed by atoms with Crippen molar-refractivity contribution in [3.63, 3.8) is 0 Å². The van der Waals surface area contributed by atoms with Crippen molar-refractivity contribution in [3.05, 3.63) is 52.3 Å². The molecular weight excluding hydrogens is 242 g/mol. The summed E-state index contributed by atoms with van der Waals surface area (Å²) < 4.78 is 5.56. The van der Waals surface area contributed by atoms with Crippen LogP contribution in [0.5, 0.6) is 5.75 Å². The van der Waals surface area contributed by atoms with E-state index in [1.165, 1.54) is 0 Å². The van der Waals surface area contributed by atoms with E-state index in [4.69, 9.17) is 9.84 Å². The Hall–Kier alpha value is -2.07. The van der Waals surface area contributed by atoms with Gasteiger partial charge in [-0.1, -0.05) is 0 Å². The summed E-state index contributed by atoms with van der Waals surface area (Å²) >= 11 is 0. The second-order valence-electron chi connectivity index (χ2n) is 4.58. The van der Waals surface area contributed by atoms with Gasteiger partial charge in [0.25, 0.3) is 5.56 Å². The van der Waals surface area contributed by atoms with Gasteiger partial charge >= 0.3 is 0 Å². The summed E-state index contributed by atoms with van der Waals surface area (Å²) in [7, 11) is 0. The van der Waals surface area contributed by atoms with E-state index >= 15 is 0 Å². The van der Waals surface area contributed by atoms with Crippen LogP contribution in [0.4, 0.5) is 0 Å². The number of ether oxygens (including phenoxy) is 1. The molecule has 100 valence electrons. The molecular formula is C15H17NO3. The maximum atomic E-state index is 11.6. The monoisotopic (exact) mass is 259 g/mol. The van der Waals surface area contributed by atoms with Gasteiger partial charge in [0.1, 0.15) is 5.75 Å². The molecule has 0 atom stereocenters. The van der Waals surface area contributed by atoms with Crippen molar-refractivity contribution in [3.8, 4) is 17.0 Å². The van der Waals surface area contributed by atoms with Crippen molar-refractivity contribution in [2.45, 2.75) is 26.6 Å². The minimum absolute atomic E-state index is 0.134. The Balaban J connectivity index is 2.27. The molecule has 1 aromatic carbocycles. The van der Waals surface area contributed by atoms with Crippen LogP contribution in [-0.4, -0.2) is 16.2 Å². The average molecular weight is 259 g/mol. The molecule has 0 saturated heterocycles. The van der Waals surface area contributed by atoms with Crippen LogP contribution in [-0.2, 0) is 6.61 Å². The molecule has 2 aromatic rings. The fourth-order valence-electron chi connectivity index (χ4n) is 1.78. The fraction of sp³-hybridized carbons (Fsp3) is 0.267. The Bertz CT molecular complexity index is 600. The summed E-state index contributed by atoms with van der Waals surface area (Å²) in [6, 6.07) is 10.9. The number of H-pyrrole nitrogens is 1. The second kappa shape index (κ2) is 5.71. The number of rotatable bonds is 4. The molecule has 0 fully saturated rings. The van der Waals surface area contributed by atoms with E-state index in [-0.39, 0.29) is 18.3 Å². The quantitative estimate of drug-likeness (QED) is 0.885. The Morgan fingerprint density at radius 1 is 1.16 bits per heavy atom. The largest absolute Gasteiger partial charge is 0.491 e. The molecule has 0 radical (unpaired) electrons. The molecule has 0 aliphatic carbocycles. The first-order valence-electron chi connectivity index (χ1n) is 6.20. The van der Waals surface area contributed by atoms with Gasteiger partial charge in [0.05, 0.1) is 12.7 Å². The smallest absolute Gasteiger partial charge is 0.253 e. The number of hydrogen-bond acceptors (Lipinski definition) is 3. The summed E-state index contributed by atoms with van der Waals surface area (Å²) in [4.78, 5) is 14.4. The zero-order valence-electron chi connectivity index (χ0n) is 11.0. The van der Waals surface area contributed by atoms with Crippen molar-refractivity contribution in [2.24, 2.45) is 0 Å². The van der Waals surface area contributed by atoms with E-state index in [0.717, 1.165) is 17.0 Å². The molecule has 1 aromatic heterocycles. The van der Waals surface area contributed by atoms with Gasteiger partial charge in [-0.05, 0) is 55.8 Å². The summed E-state index contributed by atoms with van der Waals surface area (Å²) in [5.74, 6) is 0.799. The normalized spacial score (nSPS) is 10.7. The van der Waals surface area contributed by atoms with Crippen molar-refractivity contribution in [1.29, 1.82) is 0 Å². The lowest BCUT2D eigenvalue weighted by atomic mass is 10.1. The number of nitrogens with one attached hydrogen (secondary N) is 1. The standard InChI is InChI=1S/C15H17NO3/c1-10(2)19-13-6-3-11(4-7-13)14-8-5-12(9-17)15(18)16-14/h3-8,10,17H,9H2,1-2H3,(H,16,18). The molecule has 2 N–H and O–H groups in total. The molecule has 0 spiro atoms. The molecule has 0 saturated carbocycles. The predicted molar refractivity (Wildman–Crippen MR) is 74.2 cm³/mol. The number of hydrogen-bond donors (Lipinski definition) is 2. The molecule has 0 bridgehead atoms. The maximum Gasteiger partial charge on any atom is 0.253 e. The highest BCUT2D eigenvalue weighted by atomic mass is 16.5. The summed E-state index contributed by atoms with van der Waals surface area (Å²) in [5.41, 5.74) is 1.72. The minimum Gasteiger partial charge on any atom is -0.491 e. The van der Waals surface area contributed by atoms with Crippen LogP contribution in [0.25, 0.3) is 11.3 Å². The molecule has 0 unspecified atom stereocenters. The van der Waals surface area contributed by atoms with Gasteiger partial charge in [0.2, 0.25) is 0 Å².